The first-order valence-electron chi connectivity index (χ1n) is 11.0. The molecule has 0 spiro atoms. The van der Waals surface area contributed by atoms with Gasteiger partial charge in [-0.25, -0.2) is 10.2 Å². The maximum absolute atomic E-state index is 12.5. The molecule has 0 unspecified atom stereocenters. The number of methoxy groups -OCH3 is 1. The van der Waals surface area contributed by atoms with Crippen molar-refractivity contribution in [1.29, 1.82) is 0 Å². The minimum absolute atomic E-state index is 0.189. The van der Waals surface area contributed by atoms with Gasteiger partial charge in [0.05, 0.1) is 36.2 Å². The third kappa shape index (κ3) is 7.96. The number of nitrogens with one attached hydrogen (secondary N) is 2. The average molecular weight is 544 g/mol. The summed E-state index contributed by atoms with van der Waals surface area (Å²) in [6.45, 7) is 2.59. The molecular formula is C26H23Cl2N3O6. The first kappa shape index (κ1) is 27.5. The summed E-state index contributed by atoms with van der Waals surface area (Å²) >= 11 is 11.8. The number of carbonyl (C=O) groups is 3. The Hall–Kier alpha value is -4.08. The van der Waals surface area contributed by atoms with Crippen molar-refractivity contribution in [2.24, 2.45) is 5.10 Å². The van der Waals surface area contributed by atoms with Crippen LogP contribution >= 0.6 is 23.2 Å². The van der Waals surface area contributed by atoms with Crippen LogP contribution < -0.4 is 25.0 Å². The van der Waals surface area contributed by atoms with E-state index in [2.05, 4.69) is 15.8 Å². The predicted octanol–water partition coefficient (Wildman–Crippen LogP) is 5.10. The van der Waals surface area contributed by atoms with E-state index in [-0.39, 0.29) is 22.2 Å². The fraction of sp³-hybridized carbons (Fsp3) is 0.154. The highest BCUT2D eigenvalue weighted by Crippen LogP contribution is 2.29. The van der Waals surface area contributed by atoms with Crippen LogP contribution in [0.1, 0.15) is 29.3 Å². The second-order valence-corrected chi connectivity index (χ2v) is 8.29. The zero-order chi connectivity index (χ0) is 26.8. The molecule has 0 fully saturated rings. The van der Waals surface area contributed by atoms with E-state index < -0.39 is 17.8 Å². The Morgan fingerprint density at radius 1 is 0.946 bits per heavy atom. The van der Waals surface area contributed by atoms with Gasteiger partial charge in [-0.2, -0.15) is 5.10 Å². The van der Waals surface area contributed by atoms with Gasteiger partial charge < -0.3 is 19.5 Å². The summed E-state index contributed by atoms with van der Waals surface area (Å²) in [6, 6.07) is 15.7. The van der Waals surface area contributed by atoms with Crippen molar-refractivity contribution in [2.45, 2.75) is 13.3 Å². The first-order chi connectivity index (χ1) is 17.8. The zero-order valence-electron chi connectivity index (χ0n) is 19.9. The number of ether oxygens (including phenoxy) is 3. The molecule has 2 amide bonds. The summed E-state index contributed by atoms with van der Waals surface area (Å²) in [5, 5.41) is 6.69. The van der Waals surface area contributed by atoms with E-state index in [0.29, 0.717) is 28.5 Å². The van der Waals surface area contributed by atoms with Gasteiger partial charge in [-0.05, 0) is 72.6 Å². The van der Waals surface area contributed by atoms with Gasteiger partial charge in [0.25, 0.3) is 0 Å². The number of hydrogen-bond acceptors (Lipinski definition) is 7. The molecule has 0 aliphatic heterocycles. The topological polar surface area (TPSA) is 115 Å². The maximum atomic E-state index is 12.5. The molecule has 0 saturated carbocycles. The lowest BCUT2D eigenvalue weighted by molar-refractivity contribution is -0.136. The van der Waals surface area contributed by atoms with E-state index >= 15 is 0 Å². The molecule has 0 aromatic heterocycles. The largest absolute Gasteiger partial charge is 0.494 e. The van der Waals surface area contributed by atoms with Gasteiger partial charge in [-0.3, -0.25) is 9.59 Å². The molecule has 0 heterocycles. The lowest BCUT2D eigenvalue weighted by atomic mass is 10.2. The summed E-state index contributed by atoms with van der Waals surface area (Å²) in [5.74, 6) is -1.45. The molecular weight excluding hydrogens is 521 g/mol. The summed E-state index contributed by atoms with van der Waals surface area (Å²) in [5.41, 5.74) is 3.15. The molecule has 0 saturated heterocycles. The summed E-state index contributed by atoms with van der Waals surface area (Å²) in [6.07, 6.45) is 2.17. The van der Waals surface area contributed by atoms with E-state index in [9.17, 15) is 14.4 Å². The molecule has 192 valence electrons. The third-order valence-corrected chi connectivity index (χ3v) is 5.28. The molecule has 9 nitrogen and oxygen atoms in total. The molecule has 0 aliphatic rings. The second-order valence-electron chi connectivity index (χ2n) is 7.45. The van der Waals surface area contributed by atoms with E-state index in [1.54, 1.807) is 42.5 Å². The van der Waals surface area contributed by atoms with Crippen molar-refractivity contribution in [3.8, 4) is 17.2 Å². The molecule has 0 bridgehead atoms. The molecule has 3 aromatic carbocycles. The number of hydrogen-bond donors (Lipinski definition) is 2. The van der Waals surface area contributed by atoms with Crippen molar-refractivity contribution >= 4 is 52.9 Å². The number of amides is 2. The minimum Gasteiger partial charge on any atom is -0.494 e. The lowest BCUT2D eigenvalue weighted by Gasteiger charge is -2.10. The van der Waals surface area contributed by atoms with Gasteiger partial charge in [0.2, 0.25) is 0 Å². The van der Waals surface area contributed by atoms with Crippen LogP contribution in [0, 0.1) is 0 Å². The second kappa shape index (κ2) is 13.3. The Labute approximate surface area is 223 Å². The van der Waals surface area contributed by atoms with Gasteiger partial charge in [0.1, 0.15) is 5.75 Å². The molecule has 0 atom stereocenters. The Morgan fingerprint density at radius 3 is 2.41 bits per heavy atom. The number of benzene rings is 3. The molecule has 3 aromatic rings. The van der Waals surface area contributed by atoms with Crippen molar-refractivity contribution in [1.82, 2.24) is 5.43 Å². The number of rotatable bonds is 9. The number of esters is 1. The van der Waals surface area contributed by atoms with Crippen LogP contribution in [0.5, 0.6) is 17.2 Å². The van der Waals surface area contributed by atoms with E-state index in [1.165, 1.54) is 31.5 Å². The maximum Gasteiger partial charge on any atom is 0.343 e. The van der Waals surface area contributed by atoms with Gasteiger partial charge in [-0.15, -0.1) is 0 Å². The highest BCUT2D eigenvalue weighted by atomic mass is 35.5. The Kier molecular flexibility index (Phi) is 9.88. The predicted molar refractivity (Wildman–Crippen MR) is 141 cm³/mol. The lowest BCUT2D eigenvalue weighted by Crippen LogP contribution is -2.32. The standard InChI is InChI=1S/C26H23Cl2N3O6/c1-3-12-36-19-8-5-17(6-9-19)26(34)37-22-11-4-16(13-23(22)35-2)15-29-31-25(33)24(32)30-21-14-18(27)7-10-20(21)28/h4-11,13-15H,3,12H2,1-2H3,(H,30,32)(H,31,33). The summed E-state index contributed by atoms with van der Waals surface area (Å²) in [4.78, 5) is 36.6. The molecule has 37 heavy (non-hydrogen) atoms. The number of halogens is 2. The Balaban J connectivity index is 1.59. The average Bonchev–Trinajstić information content (AvgIpc) is 2.90. The minimum atomic E-state index is -1.02. The van der Waals surface area contributed by atoms with Crippen LogP contribution in [0.25, 0.3) is 0 Å². The smallest absolute Gasteiger partial charge is 0.343 e. The van der Waals surface area contributed by atoms with Crippen LogP contribution in [-0.2, 0) is 9.59 Å². The van der Waals surface area contributed by atoms with E-state index in [4.69, 9.17) is 37.4 Å². The van der Waals surface area contributed by atoms with Crippen LogP contribution in [0.3, 0.4) is 0 Å². The highest BCUT2D eigenvalue weighted by molar-refractivity contribution is 6.42. The van der Waals surface area contributed by atoms with Crippen molar-refractivity contribution in [2.75, 3.05) is 19.0 Å². The van der Waals surface area contributed by atoms with Gasteiger partial charge in [0, 0.05) is 5.02 Å². The van der Waals surface area contributed by atoms with E-state index in [0.717, 1.165) is 6.42 Å². The summed E-state index contributed by atoms with van der Waals surface area (Å²) < 4.78 is 16.3. The highest BCUT2D eigenvalue weighted by Gasteiger charge is 2.16. The van der Waals surface area contributed by atoms with Gasteiger partial charge >= 0.3 is 17.8 Å². The Bertz CT molecular complexity index is 1310. The Morgan fingerprint density at radius 2 is 1.70 bits per heavy atom. The van der Waals surface area contributed by atoms with Crippen LogP contribution in [-0.4, -0.2) is 37.7 Å². The molecule has 3 rings (SSSR count). The molecule has 11 heteroatoms. The summed E-state index contributed by atoms with van der Waals surface area (Å²) in [7, 11) is 1.42. The van der Waals surface area contributed by atoms with Crippen molar-refractivity contribution in [3.63, 3.8) is 0 Å². The van der Waals surface area contributed by atoms with E-state index in [1.807, 2.05) is 6.92 Å². The quantitative estimate of drug-likeness (QED) is 0.127. The number of anilines is 1. The van der Waals surface area contributed by atoms with Crippen molar-refractivity contribution in [3.05, 3.63) is 81.8 Å². The zero-order valence-corrected chi connectivity index (χ0v) is 21.4. The monoisotopic (exact) mass is 543 g/mol. The number of carbonyl (C=O) groups excluding carboxylic acids is 3. The fourth-order valence-electron chi connectivity index (χ4n) is 2.90. The van der Waals surface area contributed by atoms with Gasteiger partial charge in [-0.1, -0.05) is 30.1 Å². The molecule has 2 N–H and O–H groups in total. The number of hydrazone groups is 1. The van der Waals surface area contributed by atoms with Crippen LogP contribution in [0.15, 0.2) is 65.8 Å². The third-order valence-electron chi connectivity index (χ3n) is 4.72. The van der Waals surface area contributed by atoms with Gasteiger partial charge in [0.15, 0.2) is 11.5 Å². The first-order valence-corrected chi connectivity index (χ1v) is 11.8. The fourth-order valence-corrected chi connectivity index (χ4v) is 3.24. The normalized spacial score (nSPS) is 10.6. The molecule has 0 aliphatic carbocycles. The van der Waals surface area contributed by atoms with Crippen LogP contribution in [0.2, 0.25) is 10.0 Å². The molecule has 0 radical (unpaired) electrons. The number of nitrogens with zero attached hydrogens (tertiary/aromatic N) is 1. The van der Waals surface area contributed by atoms with Crippen LogP contribution in [0.4, 0.5) is 5.69 Å². The van der Waals surface area contributed by atoms with Crippen molar-refractivity contribution < 1.29 is 28.6 Å². The SMILES string of the molecule is CCCOc1ccc(C(=O)Oc2ccc(C=NNC(=O)C(=O)Nc3cc(Cl)ccc3Cl)cc2OC)cc1.